The van der Waals surface area contributed by atoms with E-state index in [1.54, 1.807) is 4.90 Å². The fourth-order valence-electron chi connectivity index (χ4n) is 3.11. The highest BCUT2D eigenvalue weighted by atomic mass is 16.2. The van der Waals surface area contributed by atoms with Gasteiger partial charge in [-0.25, -0.2) is 0 Å². The normalized spacial score (nSPS) is 17.8. The van der Waals surface area contributed by atoms with Gasteiger partial charge in [0.25, 0.3) is 0 Å². The number of likely N-dealkylation sites (N-methyl/N-ethyl adjacent to an activating group) is 1. The van der Waals surface area contributed by atoms with E-state index in [-0.39, 0.29) is 24.3 Å². The SMILES string of the molecule is CNC(=O)[C@@H]1CN(C(=O)CCc2c(C)n[nH]c2C)CCN1C(C)=O. The molecule has 0 aliphatic carbocycles. The van der Waals surface area contributed by atoms with Crippen LogP contribution in [0.5, 0.6) is 0 Å². The molecule has 1 saturated heterocycles. The van der Waals surface area contributed by atoms with Crippen LogP contribution in [0.3, 0.4) is 0 Å². The molecule has 1 aromatic heterocycles. The summed E-state index contributed by atoms with van der Waals surface area (Å²) in [6.45, 7) is 6.36. The van der Waals surface area contributed by atoms with Crippen LogP contribution in [0.4, 0.5) is 0 Å². The Balaban J connectivity index is 2.00. The average molecular weight is 335 g/mol. The third kappa shape index (κ3) is 3.74. The number of carbonyl (C=O) groups excluding carboxylic acids is 3. The second-order valence-corrected chi connectivity index (χ2v) is 6.09. The van der Waals surface area contributed by atoms with Crippen molar-refractivity contribution in [3.63, 3.8) is 0 Å². The number of amides is 3. The molecule has 3 amide bonds. The van der Waals surface area contributed by atoms with Crippen LogP contribution < -0.4 is 5.32 Å². The lowest BCUT2D eigenvalue weighted by atomic mass is 10.1. The van der Waals surface area contributed by atoms with Gasteiger partial charge in [-0.05, 0) is 25.8 Å². The number of aryl methyl sites for hydroxylation is 2. The minimum atomic E-state index is -0.623. The van der Waals surface area contributed by atoms with E-state index in [0.717, 1.165) is 17.0 Å². The summed E-state index contributed by atoms with van der Waals surface area (Å²) < 4.78 is 0. The van der Waals surface area contributed by atoms with E-state index in [0.29, 0.717) is 25.9 Å². The molecule has 2 heterocycles. The van der Waals surface area contributed by atoms with Crippen LogP contribution in [-0.4, -0.2) is 70.4 Å². The Morgan fingerprint density at radius 2 is 2.00 bits per heavy atom. The van der Waals surface area contributed by atoms with Crippen molar-refractivity contribution in [2.24, 2.45) is 0 Å². The van der Waals surface area contributed by atoms with Gasteiger partial charge in [0.2, 0.25) is 17.7 Å². The summed E-state index contributed by atoms with van der Waals surface area (Å²) >= 11 is 0. The molecule has 0 radical (unpaired) electrons. The first kappa shape index (κ1) is 18.0. The van der Waals surface area contributed by atoms with Crippen LogP contribution in [0.2, 0.25) is 0 Å². The van der Waals surface area contributed by atoms with Gasteiger partial charge in [0.15, 0.2) is 0 Å². The van der Waals surface area contributed by atoms with Gasteiger partial charge in [0, 0.05) is 39.2 Å². The van der Waals surface area contributed by atoms with Crippen molar-refractivity contribution in [2.75, 3.05) is 26.7 Å². The van der Waals surface area contributed by atoms with Gasteiger partial charge in [-0.15, -0.1) is 0 Å². The molecule has 0 aromatic carbocycles. The molecule has 1 aliphatic rings. The molecule has 0 spiro atoms. The predicted molar refractivity (Wildman–Crippen MR) is 88.2 cm³/mol. The molecule has 1 atom stereocenters. The van der Waals surface area contributed by atoms with Crippen molar-refractivity contribution in [3.8, 4) is 0 Å². The summed E-state index contributed by atoms with van der Waals surface area (Å²) in [6, 6.07) is -0.623. The van der Waals surface area contributed by atoms with Crippen LogP contribution >= 0.6 is 0 Å². The van der Waals surface area contributed by atoms with E-state index in [9.17, 15) is 14.4 Å². The molecule has 8 nitrogen and oxygen atoms in total. The van der Waals surface area contributed by atoms with Crippen molar-refractivity contribution in [2.45, 2.75) is 39.7 Å². The minimum Gasteiger partial charge on any atom is -0.357 e. The first-order chi connectivity index (χ1) is 11.3. The lowest BCUT2D eigenvalue weighted by Crippen LogP contribution is -2.60. The predicted octanol–water partition coefficient (Wildman–Crippen LogP) is -0.236. The maximum absolute atomic E-state index is 12.5. The number of aromatic nitrogens is 2. The number of H-pyrrole nitrogens is 1. The second-order valence-electron chi connectivity index (χ2n) is 6.09. The number of nitrogens with one attached hydrogen (secondary N) is 2. The number of nitrogens with zero attached hydrogens (tertiary/aromatic N) is 3. The monoisotopic (exact) mass is 335 g/mol. The summed E-state index contributed by atoms with van der Waals surface area (Å²) in [6.07, 6.45) is 0.978. The van der Waals surface area contributed by atoms with E-state index < -0.39 is 6.04 Å². The molecule has 2 rings (SSSR count). The summed E-state index contributed by atoms with van der Waals surface area (Å²) in [5.41, 5.74) is 2.95. The fourth-order valence-corrected chi connectivity index (χ4v) is 3.11. The zero-order chi connectivity index (χ0) is 17.9. The topological polar surface area (TPSA) is 98.4 Å². The van der Waals surface area contributed by atoms with Crippen molar-refractivity contribution < 1.29 is 14.4 Å². The molecule has 1 aliphatic heterocycles. The van der Waals surface area contributed by atoms with E-state index in [1.807, 2.05) is 13.8 Å². The van der Waals surface area contributed by atoms with Gasteiger partial charge in [0.05, 0.1) is 12.2 Å². The van der Waals surface area contributed by atoms with Gasteiger partial charge in [-0.1, -0.05) is 0 Å². The molecule has 132 valence electrons. The van der Waals surface area contributed by atoms with Crippen molar-refractivity contribution in [1.82, 2.24) is 25.3 Å². The highest BCUT2D eigenvalue weighted by Gasteiger charge is 2.35. The molecule has 8 heteroatoms. The highest BCUT2D eigenvalue weighted by Crippen LogP contribution is 2.15. The second kappa shape index (κ2) is 7.46. The lowest BCUT2D eigenvalue weighted by Gasteiger charge is -2.40. The van der Waals surface area contributed by atoms with Crippen LogP contribution in [0.25, 0.3) is 0 Å². The molecule has 0 unspecified atom stereocenters. The summed E-state index contributed by atoms with van der Waals surface area (Å²) in [5.74, 6) is -0.406. The minimum absolute atomic E-state index is 0.00731. The smallest absolute Gasteiger partial charge is 0.244 e. The summed E-state index contributed by atoms with van der Waals surface area (Å²) in [5, 5.41) is 9.62. The number of piperazine rings is 1. The number of carbonyl (C=O) groups is 3. The first-order valence-corrected chi connectivity index (χ1v) is 8.12. The summed E-state index contributed by atoms with van der Waals surface area (Å²) in [4.78, 5) is 39.4. The fraction of sp³-hybridized carbons (Fsp3) is 0.625. The van der Waals surface area contributed by atoms with Gasteiger partial charge < -0.3 is 15.1 Å². The van der Waals surface area contributed by atoms with Crippen LogP contribution in [0.15, 0.2) is 0 Å². The van der Waals surface area contributed by atoms with Crippen LogP contribution in [0, 0.1) is 13.8 Å². The number of hydrogen-bond donors (Lipinski definition) is 2. The lowest BCUT2D eigenvalue weighted by molar-refractivity contribution is -0.147. The molecule has 1 fully saturated rings. The molecule has 2 N–H and O–H groups in total. The van der Waals surface area contributed by atoms with Crippen LogP contribution in [-0.2, 0) is 20.8 Å². The summed E-state index contributed by atoms with van der Waals surface area (Å²) in [7, 11) is 1.53. The zero-order valence-corrected chi connectivity index (χ0v) is 14.7. The van der Waals surface area contributed by atoms with E-state index in [4.69, 9.17) is 0 Å². The Bertz CT molecular complexity index is 620. The Hall–Kier alpha value is -2.38. The van der Waals surface area contributed by atoms with Crippen molar-refractivity contribution in [3.05, 3.63) is 17.0 Å². The Morgan fingerprint density at radius 1 is 1.29 bits per heavy atom. The maximum atomic E-state index is 12.5. The van der Waals surface area contributed by atoms with Crippen LogP contribution in [0.1, 0.15) is 30.3 Å². The Morgan fingerprint density at radius 3 is 2.54 bits per heavy atom. The molecule has 0 saturated carbocycles. The van der Waals surface area contributed by atoms with E-state index in [2.05, 4.69) is 15.5 Å². The number of rotatable bonds is 4. The third-order valence-electron chi connectivity index (χ3n) is 4.56. The number of hydrogen-bond acceptors (Lipinski definition) is 4. The standard InChI is InChI=1S/C16H25N5O3/c1-10-13(11(2)19-18-10)5-6-15(23)20-7-8-21(12(3)22)14(9-20)16(24)17-4/h14H,5-9H2,1-4H3,(H,17,24)(H,18,19)/t14-/m0/s1. The quantitative estimate of drug-likeness (QED) is 0.794. The molecule has 0 bridgehead atoms. The van der Waals surface area contributed by atoms with Crippen molar-refractivity contribution in [1.29, 1.82) is 0 Å². The van der Waals surface area contributed by atoms with E-state index in [1.165, 1.54) is 18.9 Å². The zero-order valence-electron chi connectivity index (χ0n) is 14.7. The Kier molecular flexibility index (Phi) is 5.58. The molecular formula is C16H25N5O3. The van der Waals surface area contributed by atoms with E-state index >= 15 is 0 Å². The van der Waals surface area contributed by atoms with Gasteiger partial charge in [-0.2, -0.15) is 5.10 Å². The van der Waals surface area contributed by atoms with Gasteiger partial charge >= 0.3 is 0 Å². The third-order valence-corrected chi connectivity index (χ3v) is 4.56. The highest BCUT2D eigenvalue weighted by molar-refractivity contribution is 5.88. The molecule has 24 heavy (non-hydrogen) atoms. The van der Waals surface area contributed by atoms with Gasteiger partial charge in [0.1, 0.15) is 6.04 Å². The van der Waals surface area contributed by atoms with Gasteiger partial charge in [-0.3, -0.25) is 19.5 Å². The maximum Gasteiger partial charge on any atom is 0.244 e. The average Bonchev–Trinajstić information content (AvgIpc) is 2.89. The largest absolute Gasteiger partial charge is 0.357 e. The van der Waals surface area contributed by atoms with Crippen molar-refractivity contribution >= 4 is 17.7 Å². The molecule has 1 aromatic rings. The molecular weight excluding hydrogens is 310 g/mol. The Labute approximate surface area is 141 Å². The first-order valence-electron chi connectivity index (χ1n) is 8.12. The number of aromatic amines is 1.